The molecule has 0 spiro atoms. The summed E-state index contributed by atoms with van der Waals surface area (Å²) in [5.74, 6) is -0.253. The monoisotopic (exact) mass is 327 g/mol. The molecule has 0 amide bonds. The summed E-state index contributed by atoms with van der Waals surface area (Å²) in [7, 11) is 0. The van der Waals surface area contributed by atoms with Crippen molar-refractivity contribution in [3.8, 4) is 0 Å². The molecule has 0 radical (unpaired) electrons. The third-order valence-electron chi connectivity index (χ3n) is 2.73. The van der Waals surface area contributed by atoms with E-state index in [1.807, 2.05) is 31.2 Å². The van der Waals surface area contributed by atoms with E-state index in [0.717, 1.165) is 21.8 Å². The molecule has 2 aromatic rings. The number of rotatable bonds is 3. The summed E-state index contributed by atoms with van der Waals surface area (Å²) in [6, 6.07) is 10.8. The average Bonchev–Trinajstić information content (AvgIpc) is 2.35. The van der Waals surface area contributed by atoms with E-state index >= 15 is 0 Å². The lowest BCUT2D eigenvalue weighted by molar-refractivity contribution is 0.619. The number of nitrogens with one attached hydrogen (secondary N) is 1. The number of hydrogen-bond donors (Lipinski definition) is 1. The highest BCUT2D eigenvalue weighted by Crippen LogP contribution is 2.24. The van der Waals surface area contributed by atoms with Crippen molar-refractivity contribution < 1.29 is 4.39 Å². The molecule has 18 heavy (non-hydrogen) atoms. The van der Waals surface area contributed by atoms with Gasteiger partial charge in [-0.1, -0.05) is 23.7 Å². The molecule has 0 atom stereocenters. The molecule has 0 bridgehead atoms. The Labute approximate surface area is 119 Å². The summed E-state index contributed by atoms with van der Waals surface area (Å²) in [5.41, 5.74) is 2.85. The molecule has 0 aliphatic heterocycles. The molecule has 0 saturated carbocycles. The molecular weight excluding hydrogens is 317 g/mol. The Hall–Kier alpha value is -1.06. The average molecular weight is 329 g/mol. The van der Waals surface area contributed by atoms with Gasteiger partial charge >= 0.3 is 0 Å². The fourth-order valence-electron chi connectivity index (χ4n) is 1.65. The van der Waals surface area contributed by atoms with Crippen LogP contribution in [0.25, 0.3) is 0 Å². The summed E-state index contributed by atoms with van der Waals surface area (Å²) >= 11 is 9.17. The van der Waals surface area contributed by atoms with Crippen LogP contribution in [0.5, 0.6) is 0 Å². The van der Waals surface area contributed by atoms with E-state index in [9.17, 15) is 4.39 Å². The van der Waals surface area contributed by atoms with Crippen LogP contribution in [-0.4, -0.2) is 0 Å². The second-order valence-corrected chi connectivity index (χ2v) is 5.28. The SMILES string of the molecule is Cc1c(Cl)cccc1NCc1ccc(Br)c(F)c1. The van der Waals surface area contributed by atoms with Crippen LogP contribution in [-0.2, 0) is 6.54 Å². The molecule has 0 unspecified atom stereocenters. The van der Waals surface area contributed by atoms with Gasteiger partial charge in [-0.25, -0.2) is 4.39 Å². The smallest absolute Gasteiger partial charge is 0.137 e. The fraction of sp³-hybridized carbons (Fsp3) is 0.143. The van der Waals surface area contributed by atoms with Gasteiger partial charge in [-0.05, 0) is 58.2 Å². The van der Waals surface area contributed by atoms with Gasteiger partial charge in [0.1, 0.15) is 5.82 Å². The van der Waals surface area contributed by atoms with Crippen molar-refractivity contribution in [2.45, 2.75) is 13.5 Å². The van der Waals surface area contributed by atoms with Crippen molar-refractivity contribution in [1.29, 1.82) is 0 Å². The number of benzene rings is 2. The Morgan fingerprint density at radius 2 is 2.06 bits per heavy atom. The van der Waals surface area contributed by atoms with E-state index in [2.05, 4.69) is 21.2 Å². The molecule has 0 saturated heterocycles. The van der Waals surface area contributed by atoms with Gasteiger partial charge in [0.25, 0.3) is 0 Å². The topological polar surface area (TPSA) is 12.0 Å². The lowest BCUT2D eigenvalue weighted by Gasteiger charge is -2.11. The second-order valence-electron chi connectivity index (χ2n) is 4.01. The highest BCUT2D eigenvalue weighted by Gasteiger charge is 2.03. The molecule has 2 aromatic carbocycles. The summed E-state index contributed by atoms with van der Waals surface area (Å²) in [6.07, 6.45) is 0. The van der Waals surface area contributed by atoms with Crippen LogP contribution >= 0.6 is 27.5 Å². The lowest BCUT2D eigenvalue weighted by atomic mass is 10.1. The zero-order valence-corrected chi connectivity index (χ0v) is 12.1. The molecule has 94 valence electrons. The van der Waals surface area contributed by atoms with Crippen molar-refractivity contribution in [1.82, 2.24) is 0 Å². The molecule has 1 N–H and O–H groups in total. The predicted molar refractivity (Wildman–Crippen MR) is 77.6 cm³/mol. The highest BCUT2D eigenvalue weighted by atomic mass is 79.9. The Balaban J connectivity index is 2.11. The first-order valence-corrected chi connectivity index (χ1v) is 6.68. The lowest BCUT2D eigenvalue weighted by Crippen LogP contribution is -2.01. The van der Waals surface area contributed by atoms with Gasteiger partial charge in [-0.15, -0.1) is 0 Å². The predicted octanol–water partition coefficient (Wildman–Crippen LogP) is 5.16. The van der Waals surface area contributed by atoms with Crippen molar-refractivity contribution in [2.24, 2.45) is 0 Å². The largest absolute Gasteiger partial charge is 0.381 e. The van der Waals surface area contributed by atoms with E-state index in [1.54, 1.807) is 6.07 Å². The maximum atomic E-state index is 13.4. The van der Waals surface area contributed by atoms with Crippen molar-refractivity contribution in [3.05, 3.63) is 62.8 Å². The normalized spacial score (nSPS) is 10.4. The zero-order chi connectivity index (χ0) is 13.1. The Bertz CT molecular complexity index is 572. The third-order valence-corrected chi connectivity index (χ3v) is 3.79. The number of anilines is 1. The van der Waals surface area contributed by atoms with Gasteiger partial charge in [0, 0.05) is 17.3 Å². The quantitative estimate of drug-likeness (QED) is 0.820. The van der Waals surface area contributed by atoms with E-state index in [1.165, 1.54) is 6.07 Å². The summed E-state index contributed by atoms with van der Waals surface area (Å²) in [5, 5.41) is 3.97. The minimum Gasteiger partial charge on any atom is -0.381 e. The molecule has 0 aliphatic rings. The Morgan fingerprint density at radius 1 is 1.28 bits per heavy atom. The van der Waals surface area contributed by atoms with Gasteiger partial charge < -0.3 is 5.32 Å². The maximum absolute atomic E-state index is 13.4. The summed E-state index contributed by atoms with van der Waals surface area (Å²) in [4.78, 5) is 0. The van der Waals surface area contributed by atoms with Gasteiger partial charge in [-0.2, -0.15) is 0 Å². The van der Waals surface area contributed by atoms with Crippen LogP contribution in [0.4, 0.5) is 10.1 Å². The van der Waals surface area contributed by atoms with Crippen molar-refractivity contribution in [2.75, 3.05) is 5.32 Å². The molecule has 0 aromatic heterocycles. The molecule has 1 nitrogen and oxygen atoms in total. The summed E-state index contributed by atoms with van der Waals surface area (Å²) in [6.45, 7) is 2.51. The second kappa shape index (κ2) is 5.72. The van der Waals surface area contributed by atoms with E-state index in [0.29, 0.717) is 11.0 Å². The molecule has 0 aliphatic carbocycles. The molecular formula is C14H12BrClFN. The zero-order valence-electron chi connectivity index (χ0n) is 9.81. The van der Waals surface area contributed by atoms with Crippen LogP contribution in [0.3, 0.4) is 0 Å². The molecule has 0 heterocycles. The summed E-state index contributed by atoms with van der Waals surface area (Å²) < 4.78 is 13.8. The minimum atomic E-state index is -0.253. The number of hydrogen-bond acceptors (Lipinski definition) is 1. The van der Waals surface area contributed by atoms with Crippen LogP contribution in [0.2, 0.25) is 5.02 Å². The van der Waals surface area contributed by atoms with Gasteiger partial charge in [-0.3, -0.25) is 0 Å². The van der Waals surface area contributed by atoms with E-state index in [4.69, 9.17) is 11.6 Å². The first-order chi connectivity index (χ1) is 8.58. The minimum absolute atomic E-state index is 0.253. The first kappa shape index (κ1) is 13.4. The molecule has 4 heteroatoms. The van der Waals surface area contributed by atoms with Crippen LogP contribution < -0.4 is 5.32 Å². The molecule has 0 fully saturated rings. The van der Waals surface area contributed by atoms with Gasteiger partial charge in [0.05, 0.1) is 4.47 Å². The van der Waals surface area contributed by atoms with E-state index in [-0.39, 0.29) is 5.82 Å². The van der Waals surface area contributed by atoms with Crippen LogP contribution in [0.15, 0.2) is 40.9 Å². The highest BCUT2D eigenvalue weighted by molar-refractivity contribution is 9.10. The van der Waals surface area contributed by atoms with Gasteiger partial charge in [0.15, 0.2) is 0 Å². The van der Waals surface area contributed by atoms with Gasteiger partial charge in [0.2, 0.25) is 0 Å². The molecule has 2 rings (SSSR count). The van der Waals surface area contributed by atoms with E-state index < -0.39 is 0 Å². The van der Waals surface area contributed by atoms with Crippen molar-refractivity contribution in [3.63, 3.8) is 0 Å². The van der Waals surface area contributed by atoms with Crippen molar-refractivity contribution >= 4 is 33.2 Å². The first-order valence-electron chi connectivity index (χ1n) is 5.51. The Morgan fingerprint density at radius 3 is 2.78 bits per heavy atom. The fourth-order valence-corrected chi connectivity index (χ4v) is 2.07. The van der Waals surface area contributed by atoms with Crippen LogP contribution in [0, 0.1) is 12.7 Å². The Kier molecular flexibility index (Phi) is 4.25. The third kappa shape index (κ3) is 3.03. The maximum Gasteiger partial charge on any atom is 0.137 e. The number of halogens is 3. The standard InChI is InChI=1S/C14H12BrClFN/c1-9-12(16)3-2-4-14(9)18-8-10-5-6-11(15)13(17)7-10/h2-7,18H,8H2,1H3. The van der Waals surface area contributed by atoms with Crippen LogP contribution in [0.1, 0.15) is 11.1 Å².